The highest BCUT2D eigenvalue weighted by atomic mass is 32.2. The molecule has 28 heavy (non-hydrogen) atoms. The van der Waals surface area contributed by atoms with Gasteiger partial charge in [-0.05, 0) is 61.2 Å². The highest BCUT2D eigenvalue weighted by molar-refractivity contribution is 7.89. The van der Waals surface area contributed by atoms with Crippen LogP contribution in [0.2, 0.25) is 0 Å². The Morgan fingerprint density at radius 3 is 2.46 bits per heavy atom. The molecule has 6 nitrogen and oxygen atoms in total. The Morgan fingerprint density at radius 2 is 1.79 bits per heavy atom. The summed E-state index contributed by atoms with van der Waals surface area (Å²) in [4.78, 5) is 12.4. The maximum absolute atomic E-state index is 12.7. The molecule has 7 heteroatoms. The van der Waals surface area contributed by atoms with Gasteiger partial charge in [-0.1, -0.05) is 25.5 Å². The first-order chi connectivity index (χ1) is 13.5. The summed E-state index contributed by atoms with van der Waals surface area (Å²) in [5.74, 6) is 0.353. The van der Waals surface area contributed by atoms with Crippen LogP contribution in [0.4, 0.5) is 5.69 Å². The molecule has 150 valence electrons. The fourth-order valence-electron chi connectivity index (χ4n) is 3.17. The number of hydrogen-bond acceptors (Lipinski definition) is 4. The highest BCUT2D eigenvalue weighted by Gasteiger charge is 2.25. The molecule has 0 atom stereocenters. The first-order valence-corrected chi connectivity index (χ1v) is 11.0. The third-order valence-electron chi connectivity index (χ3n) is 4.77. The SMILES string of the molecule is CCc1cccc(OCC(=O)Nc2ccc(S(=O)(=O)N3CCCCC3)cc2)c1. The van der Waals surface area contributed by atoms with E-state index >= 15 is 0 Å². The molecule has 0 aromatic heterocycles. The van der Waals surface area contributed by atoms with Gasteiger partial charge in [-0.3, -0.25) is 4.79 Å². The van der Waals surface area contributed by atoms with Crippen molar-refractivity contribution in [1.29, 1.82) is 0 Å². The molecule has 1 heterocycles. The summed E-state index contributed by atoms with van der Waals surface area (Å²) >= 11 is 0. The molecule has 1 aliphatic heterocycles. The lowest BCUT2D eigenvalue weighted by atomic mass is 10.2. The van der Waals surface area contributed by atoms with Crippen LogP contribution in [0.25, 0.3) is 0 Å². The van der Waals surface area contributed by atoms with Gasteiger partial charge in [-0.25, -0.2) is 8.42 Å². The van der Waals surface area contributed by atoms with Gasteiger partial charge in [-0.15, -0.1) is 0 Å². The van der Waals surface area contributed by atoms with E-state index in [0.29, 0.717) is 24.5 Å². The molecule has 0 unspecified atom stereocenters. The minimum absolute atomic E-state index is 0.110. The molecule has 2 aromatic carbocycles. The first kappa shape index (κ1) is 20.4. The van der Waals surface area contributed by atoms with Crippen LogP contribution in [0.15, 0.2) is 53.4 Å². The molecule has 0 saturated carbocycles. The number of aryl methyl sites for hydroxylation is 1. The van der Waals surface area contributed by atoms with Gasteiger partial charge in [0.2, 0.25) is 10.0 Å². The van der Waals surface area contributed by atoms with Gasteiger partial charge in [0, 0.05) is 18.8 Å². The molecule has 1 aliphatic rings. The van der Waals surface area contributed by atoms with Crippen LogP contribution in [-0.4, -0.2) is 38.3 Å². The van der Waals surface area contributed by atoms with E-state index in [0.717, 1.165) is 31.2 Å². The quantitative estimate of drug-likeness (QED) is 0.770. The van der Waals surface area contributed by atoms with Gasteiger partial charge in [0.25, 0.3) is 5.91 Å². The van der Waals surface area contributed by atoms with E-state index < -0.39 is 10.0 Å². The highest BCUT2D eigenvalue weighted by Crippen LogP contribution is 2.22. The number of carbonyl (C=O) groups excluding carboxylic acids is 1. The number of rotatable bonds is 7. The number of benzene rings is 2. The van der Waals surface area contributed by atoms with Crippen LogP contribution in [0, 0.1) is 0 Å². The molecular formula is C21H26N2O4S. The minimum Gasteiger partial charge on any atom is -0.484 e. The van der Waals surface area contributed by atoms with Crippen molar-refractivity contribution < 1.29 is 17.9 Å². The lowest BCUT2D eigenvalue weighted by Crippen LogP contribution is -2.35. The molecule has 1 fully saturated rings. The molecule has 0 spiro atoms. The number of nitrogens with zero attached hydrogens (tertiary/aromatic N) is 1. The Bertz CT molecular complexity index is 904. The summed E-state index contributed by atoms with van der Waals surface area (Å²) in [5.41, 5.74) is 1.68. The van der Waals surface area contributed by atoms with Crippen molar-refractivity contribution in [2.75, 3.05) is 25.0 Å². The molecular weight excluding hydrogens is 376 g/mol. The summed E-state index contributed by atoms with van der Waals surface area (Å²) < 4.78 is 32.4. The smallest absolute Gasteiger partial charge is 0.262 e. The molecule has 2 aromatic rings. The van der Waals surface area contributed by atoms with Crippen LogP contribution < -0.4 is 10.1 Å². The van der Waals surface area contributed by atoms with E-state index in [-0.39, 0.29) is 17.4 Å². The van der Waals surface area contributed by atoms with Crippen molar-refractivity contribution in [2.24, 2.45) is 0 Å². The Kier molecular flexibility index (Phi) is 6.70. The van der Waals surface area contributed by atoms with Gasteiger partial charge in [0.1, 0.15) is 5.75 Å². The van der Waals surface area contributed by atoms with Crippen molar-refractivity contribution in [3.05, 3.63) is 54.1 Å². The van der Waals surface area contributed by atoms with Gasteiger partial charge in [-0.2, -0.15) is 4.31 Å². The number of piperidine rings is 1. The van der Waals surface area contributed by atoms with Gasteiger partial charge in [0.15, 0.2) is 6.61 Å². The number of ether oxygens (including phenoxy) is 1. The van der Waals surface area contributed by atoms with Crippen LogP contribution in [0.1, 0.15) is 31.7 Å². The fraction of sp³-hybridized carbons (Fsp3) is 0.381. The van der Waals surface area contributed by atoms with Gasteiger partial charge in [0.05, 0.1) is 4.90 Å². The third-order valence-corrected chi connectivity index (χ3v) is 6.68. The van der Waals surface area contributed by atoms with Crippen LogP contribution in [0.3, 0.4) is 0 Å². The van der Waals surface area contributed by atoms with E-state index in [1.807, 2.05) is 24.3 Å². The average Bonchev–Trinajstić information content (AvgIpc) is 2.73. The summed E-state index contributed by atoms with van der Waals surface area (Å²) in [5, 5.41) is 2.73. The first-order valence-electron chi connectivity index (χ1n) is 9.61. The summed E-state index contributed by atoms with van der Waals surface area (Å²) in [6.07, 6.45) is 3.76. The zero-order valence-corrected chi connectivity index (χ0v) is 16.9. The third kappa shape index (κ3) is 5.11. The summed E-state index contributed by atoms with van der Waals surface area (Å²) in [6, 6.07) is 13.9. The van der Waals surface area contributed by atoms with Crippen LogP contribution >= 0.6 is 0 Å². The van der Waals surface area contributed by atoms with E-state index in [2.05, 4.69) is 12.2 Å². The maximum Gasteiger partial charge on any atom is 0.262 e. The number of amides is 1. The van der Waals surface area contributed by atoms with Crippen molar-refractivity contribution in [3.8, 4) is 5.75 Å². The molecule has 0 radical (unpaired) electrons. The normalized spacial score (nSPS) is 15.2. The van der Waals surface area contributed by atoms with Crippen LogP contribution in [0.5, 0.6) is 5.75 Å². The zero-order valence-electron chi connectivity index (χ0n) is 16.1. The standard InChI is InChI=1S/C21H26N2O4S/c1-2-17-7-6-8-19(15-17)27-16-21(24)22-18-9-11-20(12-10-18)28(25,26)23-13-4-3-5-14-23/h6-12,15H,2-5,13-14,16H2,1H3,(H,22,24). The molecule has 3 rings (SSSR count). The van der Waals surface area contributed by atoms with E-state index in [9.17, 15) is 13.2 Å². The number of nitrogens with one attached hydrogen (secondary N) is 1. The monoisotopic (exact) mass is 402 g/mol. The fourth-order valence-corrected chi connectivity index (χ4v) is 4.68. The van der Waals surface area contributed by atoms with Crippen molar-refractivity contribution >= 4 is 21.6 Å². The maximum atomic E-state index is 12.7. The Balaban J connectivity index is 1.56. The van der Waals surface area contributed by atoms with Crippen molar-refractivity contribution in [1.82, 2.24) is 4.31 Å². The Hall–Kier alpha value is -2.38. The minimum atomic E-state index is -3.46. The summed E-state index contributed by atoms with van der Waals surface area (Å²) in [7, 11) is -3.46. The lowest BCUT2D eigenvalue weighted by molar-refractivity contribution is -0.118. The molecule has 0 bridgehead atoms. The van der Waals surface area contributed by atoms with Gasteiger partial charge < -0.3 is 10.1 Å². The number of hydrogen-bond donors (Lipinski definition) is 1. The van der Waals surface area contributed by atoms with Crippen molar-refractivity contribution in [3.63, 3.8) is 0 Å². The largest absolute Gasteiger partial charge is 0.484 e. The van der Waals surface area contributed by atoms with Gasteiger partial charge >= 0.3 is 0 Å². The zero-order chi connectivity index (χ0) is 20.0. The average molecular weight is 403 g/mol. The topological polar surface area (TPSA) is 75.7 Å². The molecule has 1 amide bonds. The van der Waals surface area contributed by atoms with Crippen LogP contribution in [-0.2, 0) is 21.2 Å². The number of sulfonamides is 1. The Labute approximate surface area is 166 Å². The molecule has 1 N–H and O–H groups in total. The predicted octanol–water partition coefficient (Wildman–Crippen LogP) is 3.44. The predicted molar refractivity (Wildman–Crippen MR) is 109 cm³/mol. The summed E-state index contributed by atoms with van der Waals surface area (Å²) in [6.45, 7) is 3.08. The molecule has 1 saturated heterocycles. The van der Waals surface area contributed by atoms with E-state index in [1.54, 1.807) is 12.1 Å². The van der Waals surface area contributed by atoms with E-state index in [1.165, 1.54) is 16.4 Å². The van der Waals surface area contributed by atoms with E-state index in [4.69, 9.17) is 4.74 Å². The van der Waals surface area contributed by atoms with Crippen molar-refractivity contribution in [2.45, 2.75) is 37.5 Å². The second kappa shape index (κ2) is 9.21. The number of carbonyl (C=O) groups is 1. The lowest BCUT2D eigenvalue weighted by Gasteiger charge is -2.25. The second-order valence-electron chi connectivity index (χ2n) is 6.83. The number of anilines is 1. The second-order valence-corrected chi connectivity index (χ2v) is 8.76. The molecule has 0 aliphatic carbocycles. The Morgan fingerprint density at radius 1 is 1.07 bits per heavy atom.